The second-order valence-electron chi connectivity index (χ2n) is 7.23. The third kappa shape index (κ3) is 4.79. The van der Waals surface area contributed by atoms with E-state index in [9.17, 15) is 5.26 Å². The average Bonchev–Trinajstić information content (AvgIpc) is 2.82. The Morgan fingerprint density at radius 2 is 1.90 bits per heavy atom. The van der Waals surface area contributed by atoms with E-state index in [-0.39, 0.29) is 0 Å². The van der Waals surface area contributed by atoms with Gasteiger partial charge in [-0.1, -0.05) is 0 Å². The smallest absolute Gasteiger partial charge is 0.162 e. The maximum atomic E-state index is 9.34. The number of nitrogens with zero attached hydrogens (tertiary/aromatic N) is 5. The number of benzene rings is 1. The molecule has 1 aliphatic rings. The molecule has 0 bridgehead atoms. The fraction of sp³-hybridized carbons (Fsp3) is 0.304. The zero-order chi connectivity index (χ0) is 21.6. The first-order valence-electron chi connectivity index (χ1n) is 10.2. The number of hydrogen-bond acceptors (Lipinski definition) is 8. The maximum Gasteiger partial charge on any atom is 0.162 e. The molecule has 31 heavy (non-hydrogen) atoms. The molecule has 1 aliphatic heterocycles. The van der Waals surface area contributed by atoms with E-state index in [4.69, 9.17) is 20.2 Å². The van der Waals surface area contributed by atoms with Crippen molar-refractivity contribution in [3.63, 3.8) is 0 Å². The van der Waals surface area contributed by atoms with Crippen molar-refractivity contribution < 1.29 is 9.47 Å². The molecule has 3 aromatic rings. The molecule has 3 heterocycles. The summed E-state index contributed by atoms with van der Waals surface area (Å²) in [6, 6.07) is 11.2. The lowest BCUT2D eigenvalue weighted by molar-refractivity contribution is 0.122. The largest absolute Gasteiger partial charge is 0.455 e. The number of anilines is 1. The van der Waals surface area contributed by atoms with Crippen LogP contribution in [0.2, 0.25) is 0 Å². The fourth-order valence-electron chi connectivity index (χ4n) is 3.38. The molecular formula is C23H24N6O2. The molecule has 2 N–H and O–H groups in total. The molecule has 1 saturated heterocycles. The summed E-state index contributed by atoms with van der Waals surface area (Å²) in [5.41, 5.74) is 8.53. The van der Waals surface area contributed by atoms with Crippen LogP contribution < -0.4 is 15.4 Å². The van der Waals surface area contributed by atoms with E-state index < -0.39 is 0 Å². The van der Waals surface area contributed by atoms with Crippen LogP contribution in [0.5, 0.6) is 11.5 Å². The number of nitrogens with two attached hydrogens (primary N) is 1. The van der Waals surface area contributed by atoms with Gasteiger partial charge in [-0.3, -0.25) is 0 Å². The van der Waals surface area contributed by atoms with Crippen molar-refractivity contribution in [2.75, 3.05) is 37.7 Å². The number of aryl methyl sites for hydroxylation is 1. The normalized spacial score (nSPS) is 13.6. The minimum absolute atomic E-state index is 0.494. The SMILES string of the molecule is Cc1nc(N2CCOCC2)ccc1Oc1cc(C#N)ccc1-c1ncc(CCN)cn1. The Bertz CT molecular complexity index is 1090. The standard InChI is InChI=1S/C23H24N6O2/c1-16-20(4-5-22(28-16)29-8-10-30-11-9-29)31-21-12-17(13-25)2-3-19(21)23-26-14-18(6-7-24)15-27-23/h2-5,12,14-15H,6-11,24H2,1H3. The van der Waals surface area contributed by atoms with Crippen molar-refractivity contribution in [1.29, 1.82) is 5.26 Å². The minimum Gasteiger partial charge on any atom is -0.455 e. The van der Waals surface area contributed by atoms with Crippen LogP contribution in [-0.2, 0) is 11.2 Å². The zero-order valence-electron chi connectivity index (χ0n) is 17.4. The van der Waals surface area contributed by atoms with Crippen molar-refractivity contribution >= 4 is 5.82 Å². The van der Waals surface area contributed by atoms with E-state index in [0.717, 1.165) is 36.6 Å². The summed E-state index contributed by atoms with van der Waals surface area (Å²) in [7, 11) is 0. The third-order valence-corrected chi connectivity index (χ3v) is 5.07. The quantitative estimate of drug-likeness (QED) is 0.653. The maximum absolute atomic E-state index is 9.34. The molecular weight excluding hydrogens is 392 g/mol. The number of hydrogen-bond donors (Lipinski definition) is 1. The highest BCUT2D eigenvalue weighted by molar-refractivity contribution is 5.66. The number of morpholine rings is 1. The van der Waals surface area contributed by atoms with Gasteiger partial charge in [0.15, 0.2) is 5.82 Å². The Morgan fingerprint density at radius 1 is 1.13 bits per heavy atom. The van der Waals surface area contributed by atoms with Gasteiger partial charge >= 0.3 is 0 Å². The predicted octanol–water partition coefficient (Wildman–Crippen LogP) is 2.85. The molecule has 0 radical (unpaired) electrons. The first kappa shape index (κ1) is 20.7. The summed E-state index contributed by atoms with van der Waals surface area (Å²) in [6.45, 7) is 5.49. The van der Waals surface area contributed by atoms with E-state index in [1.54, 1.807) is 30.6 Å². The Kier molecular flexibility index (Phi) is 6.36. The number of pyridine rings is 1. The van der Waals surface area contributed by atoms with Gasteiger partial charge in [0.05, 0.1) is 36.1 Å². The lowest BCUT2D eigenvalue weighted by Gasteiger charge is -2.28. The summed E-state index contributed by atoms with van der Waals surface area (Å²) in [5.74, 6) is 2.55. The van der Waals surface area contributed by atoms with Gasteiger partial charge in [-0.25, -0.2) is 15.0 Å². The molecule has 158 valence electrons. The van der Waals surface area contributed by atoms with E-state index in [2.05, 4.69) is 20.9 Å². The highest BCUT2D eigenvalue weighted by Gasteiger charge is 2.16. The average molecular weight is 416 g/mol. The molecule has 1 fully saturated rings. The van der Waals surface area contributed by atoms with Crippen LogP contribution in [0.4, 0.5) is 5.82 Å². The first-order valence-corrected chi connectivity index (χ1v) is 10.2. The summed E-state index contributed by atoms with van der Waals surface area (Å²) >= 11 is 0. The van der Waals surface area contributed by atoms with Gasteiger partial charge in [-0.05, 0) is 55.8 Å². The summed E-state index contributed by atoms with van der Waals surface area (Å²) in [6.07, 6.45) is 4.25. The van der Waals surface area contributed by atoms with E-state index >= 15 is 0 Å². The second kappa shape index (κ2) is 9.51. The zero-order valence-corrected chi connectivity index (χ0v) is 17.4. The Morgan fingerprint density at radius 3 is 2.58 bits per heavy atom. The van der Waals surface area contributed by atoms with Crippen LogP contribution in [0.3, 0.4) is 0 Å². The lowest BCUT2D eigenvalue weighted by Crippen LogP contribution is -2.36. The van der Waals surface area contributed by atoms with E-state index in [1.165, 1.54) is 0 Å². The predicted molar refractivity (Wildman–Crippen MR) is 117 cm³/mol. The third-order valence-electron chi connectivity index (χ3n) is 5.07. The van der Waals surface area contributed by atoms with Gasteiger partial charge in [-0.2, -0.15) is 5.26 Å². The summed E-state index contributed by atoms with van der Waals surface area (Å²) in [5, 5.41) is 9.34. The van der Waals surface area contributed by atoms with Crippen molar-refractivity contribution in [3.05, 3.63) is 59.5 Å². The number of ether oxygens (including phenoxy) is 2. The fourth-order valence-corrected chi connectivity index (χ4v) is 3.38. The second-order valence-corrected chi connectivity index (χ2v) is 7.23. The van der Waals surface area contributed by atoms with Crippen molar-refractivity contribution in [2.24, 2.45) is 5.73 Å². The summed E-state index contributed by atoms with van der Waals surface area (Å²) < 4.78 is 11.6. The molecule has 0 amide bonds. The molecule has 8 nitrogen and oxygen atoms in total. The summed E-state index contributed by atoms with van der Waals surface area (Å²) in [4.78, 5) is 15.8. The van der Waals surface area contributed by atoms with Crippen LogP contribution in [-0.4, -0.2) is 47.8 Å². The highest BCUT2D eigenvalue weighted by Crippen LogP contribution is 2.34. The lowest BCUT2D eigenvalue weighted by atomic mass is 10.1. The van der Waals surface area contributed by atoms with Gasteiger partial charge in [0.2, 0.25) is 0 Å². The first-order chi connectivity index (χ1) is 15.2. The van der Waals surface area contributed by atoms with Crippen molar-refractivity contribution in [3.8, 4) is 29.0 Å². The molecule has 0 spiro atoms. The van der Waals surface area contributed by atoms with Crippen LogP contribution in [0.15, 0.2) is 42.7 Å². The topological polar surface area (TPSA) is 110 Å². The molecule has 0 aliphatic carbocycles. The van der Waals surface area contributed by atoms with Gasteiger partial charge < -0.3 is 20.1 Å². The monoisotopic (exact) mass is 416 g/mol. The Labute approximate surface area is 181 Å². The van der Waals surface area contributed by atoms with Gasteiger partial charge in [0.1, 0.15) is 17.3 Å². The molecule has 4 rings (SSSR count). The molecule has 0 unspecified atom stereocenters. The number of aromatic nitrogens is 3. The van der Waals surface area contributed by atoms with Gasteiger partial charge in [0.25, 0.3) is 0 Å². The molecule has 0 saturated carbocycles. The van der Waals surface area contributed by atoms with Crippen molar-refractivity contribution in [1.82, 2.24) is 15.0 Å². The van der Waals surface area contributed by atoms with E-state index in [1.807, 2.05) is 19.1 Å². The Hall–Kier alpha value is -3.54. The van der Waals surface area contributed by atoms with E-state index in [0.29, 0.717) is 48.2 Å². The van der Waals surface area contributed by atoms with Crippen LogP contribution in [0.25, 0.3) is 11.4 Å². The molecule has 0 atom stereocenters. The van der Waals surface area contributed by atoms with Crippen molar-refractivity contribution in [2.45, 2.75) is 13.3 Å². The van der Waals surface area contributed by atoms with Crippen LogP contribution >= 0.6 is 0 Å². The highest BCUT2D eigenvalue weighted by atomic mass is 16.5. The number of nitriles is 1. The minimum atomic E-state index is 0.494. The van der Waals surface area contributed by atoms with Crippen LogP contribution in [0.1, 0.15) is 16.8 Å². The van der Waals surface area contributed by atoms with Gasteiger partial charge in [-0.15, -0.1) is 0 Å². The van der Waals surface area contributed by atoms with Gasteiger partial charge in [0, 0.05) is 25.5 Å². The molecule has 8 heteroatoms. The molecule has 2 aromatic heterocycles. The van der Waals surface area contributed by atoms with Crippen LogP contribution in [0, 0.1) is 18.3 Å². The Balaban J connectivity index is 1.63. The molecule has 1 aromatic carbocycles. The number of rotatable bonds is 6.